The van der Waals surface area contributed by atoms with E-state index >= 15 is 0 Å². The summed E-state index contributed by atoms with van der Waals surface area (Å²) in [7, 11) is 0. The van der Waals surface area contributed by atoms with Crippen LogP contribution in [-0.2, 0) is 9.59 Å². The average molecular weight is 295 g/mol. The molecule has 0 aromatic heterocycles. The summed E-state index contributed by atoms with van der Waals surface area (Å²) in [5.74, 6) is 0.683. The van der Waals surface area contributed by atoms with Crippen LogP contribution in [0.15, 0.2) is 0 Å². The smallest absolute Gasteiger partial charge is 0.219 e. The van der Waals surface area contributed by atoms with E-state index in [4.69, 9.17) is 0 Å². The summed E-state index contributed by atoms with van der Waals surface area (Å²) in [4.78, 5) is 29.9. The van der Waals surface area contributed by atoms with E-state index in [2.05, 4.69) is 9.80 Å². The highest BCUT2D eigenvalue weighted by Crippen LogP contribution is 2.18. The Labute approximate surface area is 128 Å². The Balaban J connectivity index is 1.72. The van der Waals surface area contributed by atoms with E-state index in [-0.39, 0.29) is 11.8 Å². The van der Waals surface area contributed by atoms with Gasteiger partial charge < -0.3 is 4.90 Å². The van der Waals surface area contributed by atoms with Gasteiger partial charge in [-0.25, -0.2) is 0 Å². The molecular formula is C16H29N3O2. The molecule has 2 heterocycles. The van der Waals surface area contributed by atoms with Gasteiger partial charge in [-0.15, -0.1) is 0 Å². The Morgan fingerprint density at radius 2 is 1.57 bits per heavy atom. The first-order valence-corrected chi connectivity index (χ1v) is 8.22. The molecule has 0 N–H and O–H groups in total. The van der Waals surface area contributed by atoms with Crippen molar-refractivity contribution in [1.82, 2.24) is 14.7 Å². The molecule has 2 aliphatic heterocycles. The molecule has 1 amide bonds. The number of amides is 1. The maximum atomic E-state index is 11.8. The fourth-order valence-electron chi connectivity index (χ4n) is 3.24. The van der Waals surface area contributed by atoms with Crippen LogP contribution >= 0.6 is 0 Å². The zero-order chi connectivity index (χ0) is 15.4. The Bertz CT molecular complexity index is 368. The minimum Gasteiger partial charge on any atom is -0.343 e. The molecular weight excluding hydrogens is 266 g/mol. The number of carbonyl (C=O) groups excluding carboxylic acids is 2. The van der Waals surface area contributed by atoms with Gasteiger partial charge in [0, 0.05) is 58.2 Å². The van der Waals surface area contributed by atoms with Crippen molar-refractivity contribution in [2.24, 2.45) is 5.92 Å². The molecule has 2 fully saturated rings. The lowest BCUT2D eigenvalue weighted by Gasteiger charge is -2.42. The Kier molecular flexibility index (Phi) is 5.76. The van der Waals surface area contributed by atoms with Crippen LogP contribution in [-0.4, -0.2) is 78.2 Å². The zero-order valence-electron chi connectivity index (χ0n) is 13.7. The van der Waals surface area contributed by atoms with Crippen LogP contribution in [0.5, 0.6) is 0 Å². The molecule has 5 heteroatoms. The van der Waals surface area contributed by atoms with Crippen molar-refractivity contribution in [2.45, 2.75) is 39.7 Å². The largest absolute Gasteiger partial charge is 0.343 e. The number of piperidine rings is 1. The van der Waals surface area contributed by atoms with E-state index in [0.29, 0.717) is 18.4 Å². The number of hydrogen-bond donors (Lipinski definition) is 0. The normalized spacial score (nSPS) is 22.8. The van der Waals surface area contributed by atoms with E-state index in [9.17, 15) is 9.59 Å². The summed E-state index contributed by atoms with van der Waals surface area (Å²) in [5, 5.41) is 0. The second kappa shape index (κ2) is 7.36. The summed E-state index contributed by atoms with van der Waals surface area (Å²) in [5.41, 5.74) is 0. The number of hydrogen-bond acceptors (Lipinski definition) is 4. The number of likely N-dealkylation sites (tertiary alicyclic amines) is 1. The number of piperazine rings is 1. The van der Waals surface area contributed by atoms with E-state index in [0.717, 1.165) is 52.1 Å². The Morgan fingerprint density at radius 1 is 1.00 bits per heavy atom. The van der Waals surface area contributed by atoms with Crippen molar-refractivity contribution in [3.05, 3.63) is 0 Å². The predicted molar refractivity (Wildman–Crippen MR) is 83.1 cm³/mol. The molecule has 2 aliphatic rings. The van der Waals surface area contributed by atoms with Gasteiger partial charge in [-0.2, -0.15) is 0 Å². The molecule has 5 nitrogen and oxygen atoms in total. The van der Waals surface area contributed by atoms with E-state index in [1.807, 2.05) is 18.7 Å². The minimum atomic E-state index is 0.138. The highest BCUT2D eigenvalue weighted by atomic mass is 16.2. The summed E-state index contributed by atoms with van der Waals surface area (Å²) in [6, 6.07) is 0.614. The topological polar surface area (TPSA) is 43.9 Å². The maximum Gasteiger partial charge on any atom is 0.219 e. The average Bonchev–Trinajstić information content (AvgIpc) is 2.48. The lowest BCUT2D eigenvalue weighted by atomic mass is 10.0. The van der Waals surface area contributed by atoms with Gasteiger partial charge in [-0.3, -0.25) is 19.4 Å². The van der Waals surface area contributed by atoms with Crippen LogP contribution < -0.4 is 0 Å². The molecule has 120 valence electrons. The van der Waals surface area contributed by atoms with Gasteiger partial charge in [0.1, 0.15) is 5.78 Å². The quantitative estimate of drug-likeness (QED) is 0.771. The molecule has 0 aliphatic carbocycles. The third kappa shape index (κ3) is 4.51. The molecule has 2 saturated heterocycles. The highest BCUT2D eigenvalue weighted by Gasteiger charge is 2.28. The van der Waals surface area contributed by atoms with E-state index in [1.165, 1.54) is 0 Å². The van der Waals surface area contributed by atoms with E-state index in [1.54, 1.807) is 6.92 Å². The lowest BCUT2D eigenvalue weighted by Crippen LogP contribution is -2.54. The first-order chi connectivity index (χ1) is 9.97. The SMILES string of the molecule is CC(=O)N1CCC(N2CCN(CC(=O)C(C)C)CC2)CC1. The molecule has 0 saturated carbocycles. The zero-order valence-corrected chi connectivity index (χ0v) is 13.7. The van der Waals surface area contributed by atoms with Crippen LogP contribution in [0, 0.1) is 5.92 Å². The molecule has 0 aromatic carbocycles. The third-order valence-corrected chi connectivity index (χ3v) is 4.86. The molecule has 21 heavy (non-hydrogen) atoms. The number of rotatable bonds is 4. The Morgan fingerprint density at radius 3 is 2.05 bits per heavy atom. The van der Waals surface area contributed by atoms with Gasteiger partial charge in [0.25, 0.3) is 0 Å². The van der Waals surface area contributed by atoms with Crippen LogP contribution in [0.1, 0.15) is 33.6 Å². The third-order valence-electron chi connectivity index (χ3n) is 4.86. The van der Waals surface area contributed by atoms with Crippen molar-refractivity contribution in [2.75, 3.05) is 45.8 Å². The van der Waals surface area contributed by atoms with Crippen molar-refractivity contribution in [3.8, 4) is 0 Å². The minimum absolute atomic E-state index is 0.138. The van der Waals surface area contributed by atoms with Crippen LogP contribution in [0.3, 0.4) is 0 Å². The van der Waals surface area contributed by atoms with Gasteiger partial charge in [0.05, 0.1) is 6.54 Å². The monoisotopic (exact) mass is 295 g/mol. The van der Waals surface area contributed by atoms with Gasteiger partial charge in [0.15, 0.2) is 0 Å². The fraction of sp³-hybridized carbons (Fsp3) is 0.875. The maximum absolute atomic E-state index is 11.8. The summed E-state index contributed by atoms with van der Waals surface area (Å²) >= 11 is 0. The van der Waals surface area contributed by atoms with Crippen molar-refractivity contribution < 1.29 is 9.59 Å². The van der Waals surface area contributed by atoms with Gasteiger partial charge in [0.2, 0.25) is 5.91 Å². The number of nitrogens with zero attached hydrogens (tertiary/aromatic N) is 3. The number of carbonyl (C=O) groups is 2. The van der Waals surface area contributed by atoms with Crippen molar-refractivity contribution in [1.29, 1.82) is 0 Å². The lowest BCUT2D eigenvalue weighted by molar-refractivity contribution is -0.130. The summed E-state index contributed by atoms with van der Waals surface area (Å²) in [6.07, 6.45) is 2.18. The summed E-state index contributed by atoms with van der Waals surface area (Å²) in [6.45, 7) is 12.1. The molecule has 0 spiro atoms. The summed E-state index contributed by atoms with van der Waals surface area (Å²) < 4.78 is 0. The van der Waals surface area contributed by atoms with Crippen LogP contribution in [0.25, 0.3) is 0 Å². The standard InChI is InChI=1S/C16H29N3O2/c1-13(2)16(21)12-17-8-10-19(11-9-17)15-4-6-18(7-5-15)14(3)20/h13,15H,4-12H2,1-3H3. The van der Waals surface area contributed by atoms with Gasteiger partial charge >= 0.3 is 0 Å². The van der Waals surface area contributed by atoms with Crippen LogP contribution in [0.4, 0.5) is 0 Å². The highest BCUT2D eigenvalue weighted by molar-refractivity contribution is 5.82. The van der Waals surface area contributed by atoms with Crippen LogP contribution in [0.2, 0.25) is 0 Å². The van der Waals surface area contributed by atoms with Gasteiger partial charge in [-0.1, -0.05) is 13.8 Å². The first-order valence-electron chi connectivity index (χ1n) is 8.22. The number of ketones is 1. The first kappa shape index (κ1) is 16.4. The molecule has 0 atom stereocenters. The molecule has 0 radical (unpaired) electrons. The van der Waals surface area contributed by atoms with Crippen molar-refractivity contribution >= 4 is 11.7 Å². The predicted octanol–water partition coefficient (Wildman–Crippen LogP) is 0.840. The molecule has 2 rings (SSSR count). The van der Waals surface area contributed by atoms with Gasteiger partial charge in [-0.05, 0) is 12.8 Å². The molecule has 0 bridgehead atoms. The molecule has 0 aromatic rings. The molecule has 0 unspecified atom stereocenters. The fourth-order valence-corrected chi connectivity index (χ4v) is 3.24. The second-order valence-corrected chi connectivity index (χ2v) is 6.67. The van der Waals surface area contributed by atoms with Crippen molar-refractivity contribution in [3.63, 3.8) is 0 Å². The second-order valence-electron chi connectivity index (χ2n) is 6.67. The Hall–Kier alpha value is -0.940. The number of Topliss-reactive ketones (excluding diaryl/α,β-unsaturated/α-hetero) is 1. The van der Waals surface area contributed by atoms with E-state index < -0.39 is 0 Å².